The van der Waals surface area contributed by atoms with Crippen LogP contribution < -0.4 is 10.6 Å². The fraction of sp³-hybridized carbons (Fsp3) is 0.583. The first-order chi connectivity index (χ1) is 8.74. The number of anilines is 1. The molecule has 1 fully saturated rings. The van der Waals surface area contributed by atoms with Crippen LogP contribution >= 0.6 is 0 Å². The van der Waals surface area contributed by atoms with Gasteiger partial charge in [-0.2, -0.15) is 0 Å². The molecule has 1 aromatic heterocycles. The summed E-state index contributed by atoms with van der Waals surface area (Å²) in [5, 5.41) is 16.5. The van der Waals surface area contributed by atoms with Crippen LogP contribution in [0.1, 0.15) is 31.4 Å². The number of hydrogen-bond donors (Lipinski definition) is 3. The number of rotatable bonds is 5. The number of nitrogen functional groups attached to an aromatic ring is 1. The van der Waals surface area contributed by atoms with Crippen molar-refractivity contribution in [2.24, 2.45) is 5.73 Å². The number of hydrogen-bond acceptors (Lipinski definition) is 5. The molecule has 1 unspecified atom stereocenters. The highest BCUT2D eigenvalue weighted by Crippen LogP contribution is 2.27. The molecule has 6 nitrogen and oxygen atoms in total. The predicted molar refractivity (Wildman–Crippen MR) is 69.7 cm³/mol. The highest BCUT2D eigenvalue weighted by Gasteiger charge is 2.27. The molecule has 2 heterocycles. The number of aromatic nitrogens is 2. The molecule has 0 saturated carbocycles. The number of nitrogens with one attached hydrogen (secondary N) is 1. The van der Waals surface area contributed by atoms with Crippen molar-refractivity contribution in [1.29, 1.82) is 5.41 Å². The molecule has 6 heteroatoms. The van der Waals surface area contributed by atoms with E-state index in [9.17, 15) is 0 Å². The Bertz CT molecular complexity index is 423. The summed E-state index contributed by atoms with van der Waals surface area (Å²) in [6.45, 7) is 1.12. The Morgan fingerprint density at radius 2 is 2.28 bits per heavy atom. The lowest BCUT2D eigenvalue weighted by Gasteiger charge is -2.26. The zero-order chi connectivity index (χ0) is 13.0. The molecule has 18 heavy (non-hydrogen) atoms. The maximum atomic E-state index is 8.93. The van der Waals surface area contributed by atoms with Crippen molar-refractivity contribution >= 4 is 11.7 Å². The topological polar surface area (TPSA) is 99.1 Å². The molecule has 0 spiro atoms. The van der Waals surface area contributed by atoms with Crippen molar-refractivity contribution in [2.75, 3.05) is 18.1 Å². The Labute approximate surface area is 106 Å². The summed E-state index contributed by atoms with van der Waals surface area (Å²) in [5.74, 6) is 0.649. The second kappa shape index (κ2) is 5.77. The molecule has 0 bridgehead atoms. The second-order valence-electron chi connectivity index (χ2n) is 4.50. The number of amidine groups is 1. The Balaban J connectivity index is 2.21. The SMILES string of the molecule is N=C(N)c1nccnc1N1CCCC1CCCO. The molecule has 1 aliphatic heterocycles. The average Bonchev–Trinajstić information content (AvgIpc) is 2.84. The van der Waals surface area contributed by atoms with Crippen LogP contribution in [0.4, 0.5) is 5.82 Å². The zero-order valence-corrected chi connectivity index (χ0v) is 10.3. The number of aliphatic hydroxyl groups excluding tert-OH is 1. The van der Waals surface area contributed by atoms with Gasteiger partial charge in [0.15, 0.2) is 5.82 Å². The maximum Gasteiger partial charge on any atom is 0.158 e. The van der Waals surface area contributed by atoms with E-state index in [-0.39, 0.29) is 12.4 Å². The van der Waals surface area contributed by atoms with Gasteiger partial charge in [-0.15, -0.1) is 0 Å². The molecule has 98 valence electrons. The van der Waals surface area contributed by atoms with Gasteiger partial charge in [0.25, 0.3) is 0 Å². The molecule has 1 aliphatic rings. The molecule has 2 rings (SSSR count). The summed E-state index contributed by atoms with van der Waals surface area (Å²) >= 11 is 0. The lowest BCUT2D eigenvalue weighted by Crippen LogP contribution is -2.32. The highest BCUT2D eigenvalue weighted by molar-refractivity contribution is 5.97. The smallest absolute Gasteiger partial charge is 0.158 e. The van der Waals surface area contributed by atoms with E-state index < -0.39 is 0 Å². The van der Waals surface area contributed by atoms with Gasteiger partial charge in [0, 0.05) is 31.6 Å². The summed E-state index contributed by atoms with van der Waals surface area (Å²) in [7, 11) is 0. The predicted octanol–water partition coefficient (Wildman–Crippen LogP) is 0.502. The van der Waals surface area contributed by atoms with Crippen LogP contribution in [0.3, 0.4) is 0 Å². The van der Waals surface area contributed by atoms with Crippen LogP contribution in [0, 0.1) is 5.41 Å². The zero-order valence-electron chi connectivity index (χ0n) is 10.3. The Hall–Kier alpha value is -1.69. The van der Waals surface area contributed by atoms with Crippen LogP contribution in [-0.2, 0) is 0 Å². The molecule has 0 aliphatic carbocycles. The fourth-order valence-corrected chi connectivity index (χ4v) is 2.47. The minimum atomic E-state index is -0.0501. The molecule has 0 aromatic carbocycles. The molecule has 4 N–H and O–H groups in total. The monoisotopic (exact) mass is 249 g/mol. The molecular formula is C12H19N5O. The van der Waals surface area contributed by atoms with E-state index in [1.54, 1.807) is 12.4 Å². The van der Waals surface area contributed by atoms with E-state index in [0.717, 1.165) is 32.2 Å². The third-order valence-corrected chi connectivity index (χ3v) is 3.28. The number of nitrogens with zero attached hydrogens (tertiary/aromatic N) is 3. The molecule has 1 atom stereocenters. The summed E-state index contributed by atoms with van der Waals surface area (Å²) in [6.07, 6.45) is 7.10. The normalized spacial score (nSPS) is 19.2. The fourth-order valence-electron chi connectivity index (χ4n) is 2.47. The lowest BCUT2D eigenvalue weighted by molar-refractivity contribution is 0.279. The lowest BCUT2D eigenvalue weighted by atomic mass is 10.1. The highest BCUT2D eigenvalue weighted by atomic mass is 16.2. The molecule has 1 aromatic rings. The largest absolute Gasteiger partial charge is 0.396 e. The van der Waals surface area contributed by atoms with E-state index in [2.05, 4.69) is 14.9 Å². The second-order valence-corrected chi connectivity index (χ2v) is 4.50. The van der Waals surface area contributed by atoms with Crippen molar-refractivity contribution in [1.82, 2.24) is 9.97 Å². The van der Waals surface area contributed by atoms with Gasteiger partial charge in [-0.3, -0.25) is 5.41 Å². The van der Waals surface area contributed by atoms with Crippen LogP contribution in [0.25, 0.3) is 0 Å². The van der Waals surface area contributed by atoms with Crippen LogP contribution in [0.15, 0.2) is 12.4 Å². The van der Waals surface area contributed by atoms with Gasteiger partial charge in [0.1, 0.15) is 11.5 Å². The summed E-state index contributed by atoms with van der Waals surface area (Å²) < 4.78 is 0. The minimum Gasteiger partial charge on any atom is -0.396 e. The molecule has 0 radical (unpaired) electrons. The number of nitrogens with two attached hydrogens (primary N) is 1. The van der Waals surface area contributed by atoms with E-state index >= 15 is 0 Å². The third-order valence-electron chi connectivity index (χ3n) is 3.28. The van der Waals surface area contributed by atoms with Gasteiger partial charge in [-0.25, -0.2) is 9.97 Å². The first-order valence-corrected chi connectivity index (χ1v) is 6.27. The summed E-state index contributed by atoms with van der Waals surface area (Å²) in [4.78, 5) is 10.6. The van der Waals surface area contributed by atoms with Crippen molar-refractivity contribution in [3.05, 3.63) is 18.1 Å². The Kier molecular flexibility index (Phi) is 4.09. The average molecular weight is 249 g/mol. The van der Waals surface area contributed by atoms with Crippen LogP contribution in [0.5, 0.6) is 0 Å². The van der Waals surface area contributed by atoms with Crippen molar-refractivity contribution in [3.63, 3.8) is 0 Å². The minimum absolute atomic E-state index is 0.0501. The van der Waals surface area contributed by atoms with Crippen molar-refractivity contribution in [2.45, 2.75) is 31.7 Å². The van der Waals surface area contributed by atoms with Gasteiger partial charge in [-0.05, 0) is 25.7 Å². The Morgan fingerprint density at radius 1 is 1.50 bits per heavy atom. The van der Waals surface area contributed by atoms with E-state index in [4.69, 9.17) is 16.2 Å². The molecular weight excluding hydrogens is 230 g/mol. The molecule has 0 amide bonds. The van der Waals surface area contributed by atoms with Gasteiger partial charge in [-0.1, -0.05) is 0 Å². The van der Waals surface area contributed by atoms with Gasteiger partial charge >= 0.3 is 0 Å². The van der Waals surface area contributed by atoms with Gasteiger partial charge in [0.05, 0.1) is 0 Å². The van der Waals surface area contributed by atoms with E-state index in [1.807, 2.05) is 0 Å². The standard InChI is InChI=1S/C12H19N5O/c13-11(14)10-12(16-6-5-15-10)17-7-1-3-9(17)4-2-8-18/h5-6,9,18H,1-4,7-8H2,(H3,13,14). The molecule has 1 saturated heterocycles. The van der Waals surface area contributed by atoms with Crippen LogP contribution in [0.2, 0.25) is 0 Å². The summed E-state index contributed by atoms with van der Waals surface area (Å²) in [5.41, 5.74) is 5.99. The van der Waals surface area contributed by atoms with Crippen molar-refractivity contribution < 1.29 is 5.11 Å². The van der Waals surface area contributed by atoms with Crippen LogP contribution in [-0.4, -0.2) is 40.1 Å². The van der Waals surface area contributed by atoms with Gasteiger partial charge in [0.2, 0.25) is 0 Å². The number of aliphatic hydroxyl groups is 1. The Morgan fingerprint density at radius 3 is 3.00 bits per heavy atom. The third kappa shape index (κ3) is 2.59. The van der Waals surface area contributed by atoms with Gasteiger partial charge < -0.3 is 15.7 Å². The first-order valence-electron chi connectivity index (χ1n) is 6.27. The van der Waals surface area contributed by atoms with E-state index in [0.29, 0.717) is 17.6 Å². The van der Waals surface area contributed by atoms with Crippen molar-refractivity contribution in [3.8, 4) is 0 Å². The van der Waals surface area contributed by atoms with E-state index in [1.165, 1.54) is 0 Å². The summed E-state index contributed by atoms with van der Waals surface area (Å²) in [6, 6.07) is 0.368. The quantitative estimate of drug-likeness (QED) is 0.521. The first kappa shape index (κ1) is 12.8. The maximum absolute atomic E-state index is 8.93.